The molecule has 2 heterocycles. The highest BCUT2D eigenvalue weighted by Gasteiger charge is 2.13. The van der Waals surface area contributed by atoms with Gasteiger partial charge >= 0.3 is 0 Å². The summed E-state index contributed by atoms with van der Waals surface area (Å²) in [6.45, 7) is 7.04. The van der Waals surface area contributed by atoms with Crippen molar-refractivity contribution in [2.45, 2.75) is 20.1 Å². The van der Waals surface area contributed by atoms with Crippen molar-refractivity contribution in [1.29, 1.82) is 0 Å². The van der Waals surface area contributed by atoms with Gasteiger partial charge in [-0.25, -0.2) is 4.98 Å². The van der Waals surface area contributed by atoms with E-state index in [2.05, 4.69) is 34.1 Å². The molecular weight excluding hydrogens is 446 g/mol. The maximum Gasteiger partial charge on any atom is 0.138 e. The van der Waals surface area contributed by atoms with E-state index in [0.29, 0.717) is 6.61 Å². The summed E-state index contributed by atoms with van der Waals surface area (Å²) in [4.78, 5) is 10.6. The molecule has 0 amide bonds. The summed E-state index contributed by atoms with van der Waals surface area (Å²) in [6.07, 6.45) is 0. The maximum atomic E-state index is 6.14. The Balaban J connectivity index is 1.25. The first-order valence-corrected chi connectivity index (χ1v) is 12.0. The van der Waals surface area contributed by atoms with Crippen LogP contribution in [0.1, 0.15) is 16.8 Å². The number of hydrogen-bond donors (Lipinski definition) is 1. The number of aryl methyl sites for hydroxylation is 1. The predicted octanol–water partition coefficient (Wildman–Crippen LogP) is 6.12. The molecule has 5 rings (SSSR count). The number of aromatic nitrogens is 2. The molecule has 174 valence electrons. The van der Waals surface area contributed by atoms with E-state index in [9.17, 15) is 0 Å². The number of H-pyrrole nitrogens is 1. The summed E-state index contributed by atoms with van der Waals surface area (Å²) in [5.41, 5.74) is 6.56. The van der Waals surface area contributed by atoms with Crippen LogP contribution in [0.25, 0.3) is 22.6 Å². The molecule has 1 saturated heterocycles. The normalized spacial score (nSPS) is 14.3. The summed E-state index contributed by atoms with van der Waals surface area (Å²) in [7, 11) is 0. The number of nitrogens with one attached hydrogen (secondary N) is 1. The second-order valence-corrected chi connectivity index (χ2v) is 8.96. The number of ether oxygens (including phenoxy) is 2. The highest BCUT2D eigenvalue weighted by atomic mass is 35.5. The van der Waals surface area contributed by atoms with E-state index < -0.39 is 0 Å². The second kappa shape index (κ2) is 10.4. The van der Waals surface area contributed by atoms with Crippen LogP contribution in [0.5, 0.6) is 5.75 Å². The first kappa shape index (κ1) is 22.7. The van der Waals surface area contributed by atoms with Gasteiger partial charge in [0.05, 0.1) is 24.6 Å². The summed E-state index contributed by atoms with van der Waals surface area (Å²) >= 11 is 6.03. The zero-order valence-electron chi connectivity index (χ0n) is 19.3. The third-order valence-corrected chi connectivity index (χ3v) is 6.41. The number of morpholine rings is 1. The van der Waals surface area contributed by atoms with Crippen molar-refractivity contribution in [3.05, 3.63) is 94.6 Å². The Labute approximate surface area is 205 Å². The zero-order chi connectivity index (χ0) is 23.3. The molecule has 1 N–H and O–H groups in total. The van der Waals surface area contributed by atoms with E-state index in [1.54, 1.807) is 0 Å². The largest absolute Gasteiger partial charge is 0.489 e. The van der Waals surface area contributed by atoms with Gasteiger partial charge in [0, 0.05) is 30.2 Å². The van der Waals surface area contributed by atoms with Gasteiger partial charge in [0.1, 0.15) is 18.2 Å². The van der Waals surface area contributed by atoms with Gasteiger partial charge in [0.15, 0.2) is 0 Å². The van der Waals surface area contributed by atoms with Crippen LogP contribution in [0, 0.1) is 6.92 Å². The lowest BCUT2D eigenvalue weighted by molar-refractivity contribution is 0.0339. The van der Waals surface area contributed by atoms with Crippen molar-refractivity contribution in [3.63, 3.8) is 0 Å². The number of halogens is 1. The molecule has 1 aromatic heterocycles. The molecule has 34 heavy (non-hydrogen) atoms. The summed E-state index contributed by atoms with van der Waals surface area (Å²) in [6, 6.07) is 24.4. The Bertz CT molecular complexity index is 1230. The van der Waals surface area contributed by atoms with Gasteiger partial charge in [-0.3, -0.25) is 4.90 Å². The first-order chi connectivity index (χ1) is 16.7. The van der Waals surface area contributed by atoms with Gasteiger partial charge in [-0.1, -0.05) is 48.0 Å². The Morgan fingerprint density at radius 3 is 2.32 bits per heavy atom. The van der Waals surface area contributed by atoms with Gasteiger partial charge in [0.2, 0.25) is 0 Å². The van der Waals surface area contributed by atoms with Gasteiger partial charge in [-0.2, -0.15) is 0 Å². The van der Waals surface area contributed by atoms with Crippen molar-refractivity contribution < 1.29 is 9.47 Å². The molecule has 6 heteroatoms. The molecule has 0 saturated carbocycles. The fraction of sp³-hybridized carbons (Fsp3) is 0.250. The lowest BCUT2D eigenvalue weighted by atomic mass is 10.1. The summed E-state index contributed by atoms with van der Waals surface area (Å²) in [5.74, 6) is 1.68. The Hall–Kier alpha value is -3.12. The highest BCUT2D eigenvalue weighted by Crippen LogP contribution is 2.28. The molecule has 4 aromatic rings. The first-order valence-electron chi connectivity index (χ1n) is 11.6. The predicted molar refractivity (Wildman–Crippen MR) is 136 cm³/mol. The van der Waals surface area contributed by atoms with E-state index in [-0.39, 0.29) is 0 Å². The molecule has 1 fully saturated rings. The van der Waals surface area contributed by atoms with Crippen LogP contribution >= 0.6 is 11.6 Å². The lowest BCUT2D eigenvalue weighted by Gasteiger charge is -2.27. The summed E-state index contributed by atoms with van der Waals surface area (Å²) < 4.78 is 11.6. The minimum Gasteiger partial charge on any atom is -0.489 e. The second-order valence-electron chi connectivity index (χ2n) is 8.52. The van der Waals surface area contributed by atoms with E-state index in [0.717, 1.165) is 72.0 Å². The number of benzene rings is 3. The van der Waals surface area contributed by atoms with Crippen molar-refractivity contribution in [2.75, 3.05) is 26.3 Å². The van der Waals surface area contributed by atoms with Crippen LogP contribution in [0.2, 0.25) is 5.02 Å². The molecule has 3 aromatic carbocycles. The minimum atomic E-state index is 0.542. The maximum absolute atomic E-state index is 6.14. The average molecular weight is 474 g/mol. The SMILES string of the molecule is Cc1nc(-c2ccc(OCc3ccccc3CN3CCOCC3)cc2)[nH]c1-c1ccc(Cl)cc1. The Morgan fingerprint density at radius 2 is 1.59 bits per heavy atom. The lowest BCUT2D eigenvalue weighted by Crippen LogP contribution is -2.35. The molecule has 0 unspecified atom stereocenters. The topological polar surface area (TPSA) is 50.4 Å². The Kier molecular flexibility index (Phi) is 6.95. The van der Waals surface area contributed by atoms with Gasteiger partial charge in [-0.05, 0) is 60.0 Å². The molecule has 1 aliphatic rings. The van der Waals surface area contributed by atoms with Crippen molar-refractivity contribution in [2.24, 2.45) is 0 Å². The van der Waals surface area contributed by atoms with Crippen LogP contribution in [0.15, 0.2) is 72.8 Å². The summed E-state index contributed by atoms with van der Waals surface area (Å²) in [5, 5.41) is 0.723. The van der Waals surface area contributed by atoms with Crippen LogP contribution < -0.4 is 4.74 Å². The van der Waals surface area contributed by atoms with Crippen LogP contribution in [0.4, 0.5) is 0 Å². The number of hydrogen-bond acceptors (Lipinski definition) is 4. The van der Waals surface area contributed by atoms with Crippen LogP contribution in [-0.2, 0) is 17.9 Å². The van der Waals surface area contributed by atoms with Gasteiger partial charge in [-0.15, -0.1) is 0 Å². The smallest absolute Gasteiger partial charge is 0.138 e. The monoisotopic (exact) mass is 473 g/mol. The molecular formula is C28H28ClN3O2. The average Bonchev–Trinajstić information content (AvgIpc) is 3.26. The fourth-order valence-corrected chi connectivity index (χ4v) is 4.34. The standard InChI is InChI=1S/C28H28ClN3O2/c1-20-27(21-6-10-25(29)11-7-21)31-28(30-20)22-8-12-26(13-9-22)34-19-24-5-3-2-4-23(24)18-32-14-16-33-17-15-32/h2-13H,14-19H2,1H3,(H,30,31). The third kappa shape index (κ3) is 5.33. The zero-order valence-corrected chi connectivity index (χ0v) is 20.0. The van der Waals surface area contributed by atoms with Crippen molar-refractivity contribution in [3.8, 4) is 28.4 Å². The van der Waals surface area contributed by atoms with Crippen LogP contribution in [-0.4, -0.2) is 41.2 Å². The van der Waals surface area contributed by atoms with Gasteiger partial charge < -0.3 is 14.5 Å². The number of imidazole rings is 1. The molecule has 1 aliphatic heterocycles. The fourth-order valence-electron chi connectivity index (χ4n) is 4.22. The quantitative estimate of drug-likeness (QED) is 0.351. The van der Waals surface area contributed by atoms with Crippen molar-refractivity contribution >= 4 is 11.6 Å². The van der Waals surface area contributed by atoms with E-state index >= 15 is 0 Å². The van der Waals surface area contributed by atoms with Crippen molar-refractivity contribution in [1.82, 2.24) is 14.9 Å². The number of nitrogens with zero attached hydrogens (tertiary/aromatic N) is 2. The molecule has 5 nitrogen and oxygen atoms in total. The van der Waals surface area contributed by atoms with Gasteiger partial charge in [0.25, 0.3) is 0 Å². The highest BCUT2D eigenvalue weighted by molar-refractivity contribution is 6.30. The molecule has 0 radical (unpaired) electrons. The number of aromatic amines is 1. The van der Waals surface area contributed by atoms with E-state index in [4.69, 9.17) is 26.1 Å². The van der Waals surface area contributed by atoms with E-state index in [1.807, 2.05) is 55.5 Å². The molecule has 0 bridgehead atoms. The van der Waals surface area contributed by atoms with E-state index in [1.165, 1.54) is 11.1 Å². The number of rotatable bonds is 7. The molecule has 0 aliphatic carbocycles. The third-order valence-electron chi connectivity index (χ3n) is 6.16. The molecule has 0 spiro atoms. The Morgan fingerprint density at radius 1 is 0.912 bits per heavy atom. The minimum absolute atomic E-state index is 0.542. The molecule has 0 atom stereocenters. The van der Waals surface area contributed by atoms with Crippen LogP contribution in [0.3, 0.4) is 0 Å².